The van der Waals surface area contributed by atoms with Gasteiger partial charge in [-0.3, -0.25) is 14.5 Å². The van der Waals surface area contributed by atoms with E-state index in [9.17, 15) is 9.59 Å². The average molecular weight is 422 g/mol. The summed E-state index contributed by atoms with van der Waals surface area (Å²) in [5.74, 6) is -0.411. The Kier molecular flexibility index (Phi) is 6.60. The summed E-state index contributed by atoms with van der Waals surface area (Å²) in [7, 11) is 0. The SMILES string of the molecule is O=C1C(SCCO)=C(c2ccc(Cl)cc2Cl)C(=O)N1CCc1ccccc1. The first-order valence-corrected chi connectivity index (χ1v) is 10.1. The van der Waals surface area contributed by atoms with Crippen LogP contribution in [0.15, 0.2) is 53.4 Å². The Labute approximate surface area is 171 Å². The van der Waals surface area contributed by atoms with E-state index in [1.807, 2.05) is 30.3 Å². The van der Waals surface area contributed by atoms with Crippen LogP contribution in [-0.2, 0) is 16.0 Å². The molecule has 0 aliphatic carbocycles. The third-order valence-corrected chi connectivity index (χ3v) is 5.73. The molecule has 0 saturated heterocycles. The van der Waals surface area contributed by atoms with Gasteiger partial charge in [0.15, 0.2) is 0 Å². The number of benzene rings is 2. The van der Waals surface area contributed by atoms with Gasteiger partial charge in [0.05, 0.1) is 22.1 Å². The number of aliphatic hydroxyl groups excluding tert-OH is 1. The van der Waals surface area contributed by atoms with Crippen LogP contribution in [0, 0.1) is 0 Å². The highest BCUT2D eigenvalue weighted by molar-refractivity contribution is 8.04. The highest BCUT2D eigenvalue weighted by atomic mass is 35.5. The van der Waals surface area contributed by atoms with Crippen molar-refractivity contribution in [2.24, 2.45) is 0 Å². The Morgan fingerprint density at radius 3 is 2.41 bits per heavy atom. The predicted octanol–water partition coefficient (Wildman–Crippen LogP) is 4.04. The summed E-state index contributed by atoms with van der Waals surface area (Å²) in [6.07, 6.45) is 0.567. The molecule has 1 heterocycles. The maximum absolute atomic E-state index is 13.0. The fourth-order valence-electron chi connectivity index (χ4n) is 2.85. The minimum atomic E-state index is -0.374. The summed E-state index contributed by atoms with van der Waals surface area (Å²) in [4.78, 5) is 27.5. The summed E-state index contributed by atoms with van der Waals surface area (Å²) in [6, 6.07) is 14.5. The zero-order chi connectivity index (χ0) is 19.4. The molecule has 2 aromatic rings. The van der Waals surface area contributed by atoms with E-state index in [0.717, 1.165) is 17.3 Å². The van der Waals surface area contributed by atoms with Gasteiger partial charge in [-0.15, -0.1) is 11.8 Å². The third kappa shape index (κ3) is 4.38. The standard InChI is InChI=1S/C20H17Cl2NO3S/c21-14-6-7-15(16(22)12-14)17-18(27-11-10-24)20(26)23(19(17)25)9-8-13-4-2-1-3-5-13/h1-7,12,24H,8-11H2. The number of rotatable bonds is 7. The van der Waals surface area contributed by atoms with Gasteiger partial charge in [-0.05, 0) is 24.1 Å². The molecule has 140 valence electrons. The van der Waals surface area contributed by atoms with Crippen molar-refractivity contribution in [3.8, 4) is 0 Å². The Hall–Kier alpha value is -1.79. The van der Waals surface area contributed by atoms with Crippen molar-refractivity contribution in [1.29, 1.82) is 0 Å². The molecule has 0 bridgehead atoms. The zero-order valence-corrected chi connectivity index (χ0v) is 16.7. The molecule has 1 N–H and O–H groups in total. The number of hydrogen-bond donors (Lipinski definition) is 1. The molecule has 2 amide bonds. The molecule has 0 saturated carbocycles. The highest BCUT2D eigenvalue weighted by Gasteiger charge is 2.39. The van der Waals surface area contributed by atoms with Gasteiger partial charge in [0.2, 0.25) is 0 Å². The second-order valence-electron chi connectivity index (χ2n) is 5.90. The quantitative estimate of drug-likeness (QED) is 0.685. The van der Waals surface area contributed by atoms with E-state index in [2.05, 4.69) is 0 Å². The maximum atomic E-state index is 13.0. The molecule has 0 spiro atoms. The Morgan fingerprint density at radius 1 is 1.00 bits per heavy atom. The van der Waals surface area contributed by atoms with Gasteiger partial charge >= 0.3 is 0 Å². The number of aliphatic hydroxyl groups is 1. The third-order valence-electron chi connectivity index (χ3n) is 4.13. The van der Waals surface area contributed by atoms with Gasteiger partial charge in [0.25, 0.3) is 11.8 Å². The van der Waals surface area contributed by atoms with Gasteiger partial charge in [-0.1, -0.05) is 59.6 Å². The first-order valence-electron chi connectivity index (χ1n) is 8.36. The van der Waals surface area contributed by atoms with E-state index in [-0.39, 0.29) is 30.5 Å². The number of halogens is 2. The largest absolute Gasteiger partial charge is 0.396 e. The minimum absolute atomic E-state index is 0.0959. The van der Waals surface area contributed by atoms with Crippen LogP contribution >= 0.6 is 35.0 Å². The van der Waals surface area contributed by atoms with Crippen molar-refractivity contribution in [1.82, 2.24) is 4.90 Å². The van der Waals surface area contributed by atoms with Gasteiger partial charge < -0.3 is 5.11 Å². The van der Waals surface area contributed by atoms with Crippen LogP contribution in [-0.4, -0.2) is 40.7 Å². The lowest BCUT2D eigenvalue weighted by Gasteiger charge is -2.15. The summed E-state index contributed by atoms with van der Waals surface area (Å²) >= 11 is 13.4. The first kappa shape index (κ1) is 20.0. The molecular formula is C20H17Cl2NO3S. The van der Waals surface area contributed by atoms with E-state index in [1.54, 1.807) is 18.2 Å². The van der Waals surface area contributed by atoms with Crippen molar-refractivity contribution in [3.63, 3.8) is 0 Å². The molecule has 0 fully saturated rings. The van der Waals surface area contributed by atoms with Gasteiger partial charge in [0.1, 0.15) is 0 Å². The second-order valence-corrected chi connectivity index (χ2v) is 7.85. The predicted molar refractivity (Wildman–Crippen MR) is 110 cm³/mol. The van der Waals surface area contributed by atoms with Crippen LogP contribution in [0.5, 0.6) is 0 Å². The molecule has 27 heavy (non-hydrogen) atoms. The van der Waals surface area contributed by atoms with Crippen molar-refractivity contribution in [2.45, 2.75) is 6.42 Å². The molecule has 4 nitrogen and oxygen atoms in total. The van der Waals surface area contributed by atoms with Gasteiger partial charge in [-0.25, -0.2) is 0 Å². The smallest absolute Gasteiger partial charge is 0.267 e. The second kappa shape index (κ2) is 8.93. The molecule has 0 radical (unpaired) electrons. The Bertz CT molecular complexity index is 899. The fraction of sp³-hybridized carbons (Fsp3) is 0.200. The molecule has 0 atom stereocenters. The molecule has 1 aliphatic heterocycles. The van der Waals surface area contributed by atoms with Crippen molar-refractivity contribution >= 4 is 52.4 Å². The molecule has 3 rings (SSSR count). The number of thioether (sulfide) groups is 1. The maximum Gasteiger partial charge on any atom is 0.267 e. The molecule has 1 aliphatic rings. The number of nitrogens with zero attached hydrogens (tertiary/aromatic N) is 1. The zero-order valence-electron chi connectivity index (χ0n) is 14.3. The average Bonchev–Trinajstić information content (AvgIpc) is 2.89. The van der Waals surface area contributed by atoms with E-state index in [1.165, 1.54) is 4.90 Å². The van der Waals surface area contributed by atoms with Crippen LogP contribution in [0.2, 0.25) is 10.0 Å². The topological polar surface area (TPSA) is 57.6 Å². The number of carbonyl (C=O) groups excluding carboxylic acids is 2. The van der Waals surface area contributed by atoms with Crippen molar-refractivity contribution in [2.75, 3.05) is 18.9 Å². The lowest BCUT2D eigenvalue weighted by atomic mass is 10.1. The fourth-order valence-corrected chi connectivity index (χ4v) is 4.23. The number of carbonyl (C=O) groups is 2. The number of imide groups is 1. The van der Waals surface area contributed by atoms with Crippen LogP contribution < -0.4 is 0 Å². The summed E-state index contributed by atoms with van der Waals surface area (Å²) in [5, 5.41) is 9.91. The van der Waals surface area contributed by atoms with E-state index in [4.69, 9.17) is 28.3 Å². The van der Waals surface area contributed by atoms with Crippen molar-refractivity contribution < 1.29 is 14.7 Å². The Balaban J connectivity index is 1.91. The normalized spacial score (nSPS) is 14.4. The molecule has 2 aromatic carbocycles. The number of hydrogen-bond acceptors (Lipinski definition) is 4. The summed E-state index contributed by atoms with van der Waals surface area (Å²) < 4.78 is 0. The molecule has 0 unspecified atom stereocenters. The molecule has 0 aromatic heterocycles. The van der Waals surface area contributed by atoms with Crippen LogP contribution in [0.25, 0.3) is 5.57 Å². The van der Waals surface area contributed by atoms with Gasteiger partial charge in [-0.2, -0.15) is 0 Å². The van der Waals surface area contributed by atoms with Crippen LogP contribution in [0.3, 0.4) is 0 Å². The molecular weight excluding hydrogens is 405 g/mol. The lowest BCUT2D eigenvalue weighted by molar-refractivity contribution is -0.136. The minimum Gasteiger partial charge on any atom is -0.396 e. The van der Waals surface area contributed by atoms with Gasteiger partial charge in [0, 0.05) is 22.9 Å². The summed E-state index contributed by atoms with van der Waals surface area (Å²) in [6.45, 7) is 0.181. The van der Waals surface area contributed by atoms with E-state index in [0.29, 0.717) is 32.7 Å². The lowest BCUT2D eigenvalue weighted by Crippen LogP contribution is -2.33. The van der Waals surface area contributed by atoms with Crippen LogP contribution in [0.4, 0.5) is 0 Å². The molecule has 7 heteroatoms. The van der Waals surface area contributed by atoms with E-state index < -0.39 is 0 Å². The Morgan fingerprint density at radius 2 is 1.74 bits per heavy atom. The van der Waals surface area contributed by atoms with Crippen LogP contribution in [0.1, 0.15) is 11.1 Å². The first-order chi connectivity index (χ1) is 13.0. The summed E-state index contributed by atoms with van der Waals surface area (Å²) in [5.41, 5.74) is 1.79. The highest BCUT2D eigenvalue weighted by Crippen LogP contribution is 2.39. The monoisotopic (exact) mass is 421 g/mol. The van der Waals surface area contributed by atoms with Crippen molar-refractivity contribution in [3.05, 3.63) is 74.6 Å². The van der Waals surface area contributed by atoms with E-state index >= 15 is 0 Å². The number of amides is 2.